The van der Waals surface area contributed by atoms with E-state index in [-0.39, 0.29) is 33.9 Å². The number of anilines is 2. The van der Waals surface area contributed by atoms with Gasteiger partial charge in [-0.25, -0.2) is 14.4 Å². The van der Waals surface area contributed by atoms with Crippen LogP contribution in [0.25, 0.3) is 10.9 Å². The van der Waals surface area contributed by atoms with Crippen molar-refractivity contribution in [1.29, 1.82) is 0 Å². The Bertz CT molecular complexity index is 1390. The van der Waals surface area contributed by atoms with Crippen LogP contribution >= 0.6 is 15.9 Å². The van der Waals surface area contributed by atoms with Gasteiger partial charge in [-0.15, -0.1) is 0 Å². The first-order chi connectivity index (χ1) is 18.4. The van der Waals surface area contributed by atoms with E-state index < -0.39 is 58.2 Å². The van der Waals surface area contributed by atoms with Crippen LogP contribution in [0, 0.1) is 11.7 Å². The summed E-state index contributed by atoms with van der Waals surface area (Å²) in [5, 5.41) is 3.10. The zero-order chi connectivity index (χ0) is 29.7. The molecule has 6 nitrogen and oxygen atoms in total. The van der Waals surface area contributed by atoms with Crippen LogP contribution in [0.15, 0.2) is 41.1 Å². The number of ether oxygens (including phenoxy) is 2. The minimum atomic E-state index is -2.92. The summed E-state index contributed by atoms with van der Waals surface area (Å²) in [4.78, 5) is 9.06. The van der Waals surface area contributed by atoms with E-state index in [0.29, 0.717) is 4.47 Å². The monoisotopic (exact) mass is 484 g/mol. The lowest BCUT2D eigenvalue weighted by Gasteiger charge is -2.28. The molecule has 4 rings (SSSR count). The Labute approximate surface area is 197 Å². The lowest BCUT2D eigenvalue weighted by molar-refractivity contribution is 0.157. The Morgan fingerprint density at radius 3 is 2.90 bits per heavy atom. The summed E-state index contributed by atoms with van der Waals surface area (Å²) in [6.45, 7) is -4.35. The van der Waals surface area contributed by atoms with Crippen molar-refractivity contribution in [2.24, 2.45) is 5.92 Å². The van der Waals surface area contributed by atoms with Crippen molar-refractivity contribution in [3.63, 3.8) is 0 Å². The lowest BCUT2D eigenvalue weighted by atomic mass is 9.98. The van der Waals surface area contributed by atoms with Gasteiger partial charge >= 0.3 is 0 Å². The number of hydrogen-bond donors (Lipinski definition) is 1. The highest BCUT2D eigenvalue weighted by molar-refractivity contribution is 9.10. The second-order valence-electron chi connectivity index (χ2n) is 6.52. The first-order valence-corrected chi connectivity index (χ1v) is 9.73. The second-order valence-corrected chi connectivity index (χ2v) is 7.43. The molecule has 8 heteroatoms. The van der Waals surface area contributed by atoms with Gasteiger partial charge in [0, 0.05) is 25.5 Å². The summed E-state index contributed by atoms with van der Waals surface area (Å²) in [5.41, 5.74) is 0.334. The van der Waals surface area contributed by atoms with Gasteiger partial charge < -0.3 is 19.7 Å². The lowest BCUT2D eigenvalue weighted by Crippen LogP contribution is -2.32. The van der Waals surface area contributed by atoms with Gasteiger partial charge in [0.1, 0.15) is 18.0 Å². The summed E-state index contributed by atoms with van der Waals surface area (Å²) in [6.07, 6.45) is -3.41. The van der Waals surface area contributed by atoms with Gasteiger partial charge in [0.05, 0.1) is 29.0 Å². The molecule has 0 bridgehead atoms. The Morgan fingerprint density at radius 1 is 1.27 bits per heavy atom. The minimum Gasteiger partial charge on any atom is -0.493 e. The number of nitrogens with zero attached hydrogens (tertiary/aromatic N) is 3. The Balaban J connectivity index is 1.68. The summed E-state index contributed by atoms with van der Waals surface area (Å²) in [5.74, 6) is -2.29. The molecule has 30 heavy (non-hydrogen) atoms. The fourth-order valence-corrected chi connectivity index (χ4v) is 3.27. The second kappa shape index (κ2) is 9.14. The van der Waals surface area contributed by atoms with Crippen molar-refractivity contribution in [2.75, 3.05) is 39.0 Å². The average molecular weight is 485 g/mol. The molecular formula is C22H24BrFN4O2. The number of aromatic nitrogens is 2. The predicted molar refractivity (Wildman–Crippen MR) is 119 cm³/mol. The molecule has 1 N–H and O–H groups in total. The third-order valence-corrected chi connectivity index (χ3v) is 4.95. The van der Waals surface area contributed by atoms with Crippen molar-refractivity contribution in [2.45, 2.75) is 12.7 Å². The van der Waals surface area contributed by atoms with E-state index in [2.05, 4.69) is 31.2 Å². The summed E-state index contributed by atoms with van der Waals surface area (Å²) < 4.78 is 105. The van der Waals surface area contributed by atoms with Crippen LogP contribution in [0.1, 0.15) is 26.5 Å². The number of nitrogens with one attached hydrogen (secondary N) is 1. The fraction of sp³-hybridized carbons (Fsp3) is 0.364. The van der Waals surface area contributed by atoms with Crippen molar-refractivity contribution in [1.82, 2.24) is 14.9 Å². The maximum atomic E-state index is 14.4. The first kappa shape index (κ1) is 11.8. The molecule has 2 aromatic carbocycles. The Hall–Kier alpha value is -2.45. The summed E-state index contributed by atoms with van der Waals surface area (Å²) in [7, 11) is -2.92. The molecule has 2 heterocycles. The zero-order valence-corrected chi connectivity index (χ0v) is 17.2. The fourth-order valence-electron chi connectivity index (χ4n) is 2.93. The SMILES string of the molecule is [2H]C([2H])([2H])Oc1cc2c(Nc3ccc(Br)cc3F)ncnc2cc1OCC1C([2H])([2H])CN(C([2H])([2H])[2H])CC1([2H])[2H]. The van der Waals surface area contributed by atoms with Crippen LogP contribution in [0.5, 0.6) is 11.5 Å². The van der Waals surface area contributed by atoms with Gasteiger partial charge in [-0.05, 0) is 63.0 Å². The van der Waals surface area contributed by atoms with Gasteiger partial charge in [-0.2, -0.15) is 0 Å². The molecule has 1 aliphatic heterocycles. The Kier molecular flexibility index (Phi) is 3.60. The number of halogens is 2. The summed E-state index contributed by atoms with van der Waals surface area (Å²) >= 11 is 3.18. The Morgan fingerprint density at radius 2 is 2.13 bits per heavy atom. The molecule has 0 radical (unpaired) electrons. The normalized spacial score (nSPS) is 24.5. The maximum absolute atomic E-state index is 14.4. The molecule has 1 aliphatic rings. The molecule has 3 aromatic rings. The third-order valence-electron chi connectivity index (χ3n) is 4.46. The quantitative estimate of drug-likeness (QED) is 0.530. The number of piperidine rings is 1. The molecule has 158 valence electrons. The number of hydrogen-bond acceptors (Lipinski definition) is 6. The van der Waals surface area contributed by atoms with Crippen molar-refractivity contribution in [3.05, 3.63) is 46.9 Å². The van der Waals surface area contributed by atoms with E-state index in [9.17, 15) is 4.39 Å². The molecule has 0 atom stereocenters. The number of rotatable bonds is 6. The maximum Gasteiger partial charge on any atom is 0.163 e. The zero-order valence-electron chi connectivity index (χ0n) is 25.6. The van der Waals surface area contributed by atoms with Crippen LogP contribution in [-0.4, -0.2) is 48.6 Å². The number of fused-ring (bicyclic) bond motifs is 1. The van der Waals surface area contributed by atoms with Crippen LogP contribution in [0.3, 0.4) is 0 Å². The van der Waals surface area contributed by atoms with Gasteiger partial charge in [0.2, 0.25) is 0 Å². The van der Waals surface area contributed by atoms with E-state index in [0.717, 1.165) is 4.90 Å². The van der Waals surface area contributed by atoms with Gasteiger partial charge in [0.15, 0.2) is 11.5 Å². The average Bonchev–Trinajstić information content (AvgIpc) is 2.78. The van der Waals surface area contributed by atoms with Crippen molar-refractivity contribution in [3.8, 4) is 11.5 Å². The summed E-state index contributed by atoms with van der Waals surface area (Å²) in [6, 6.07) is 6.94. The third kappa shape index (κ3) is 4.65. The first-order valence-electron chi connectivity index (χ1n) is 13.9. The van der Waals surface area contributed by atoms with E-state index in [1.165, 1.54) is 30.6 Å². The minimum absolute atomic E-state index is 0.0923. The highest BCUT2D eigenvalue weighted by atomic mass is 79.9. The predicted octanol–water partition coefficient (Wildman–Crippen LogP) is 5.00. The topological polar surface area (TPSA) is 59.5 Å². The molecule has 0 amide bonds. The van der Waals surface area contributed by atoms with E-state index in [1.54, 1.807) is 6.07 Å². The largest absolute Gasteiger partial charge is 0.493 e. The number of likely N-dealkylation sites (tertiary alicyclic amines) is 1. The molecule has 0 unspecified atom stereocenters. The van der Waals surface area contributed by atoms with E-state index in [4.69, 9.17) is 23.2 Å². The molecular weight excluding hydrogens is 451 g/mol. The van der Waals surface area contributed by atoms with Crippen LogP contribution < -0.4 is 14.8 Å². The standard InChI is InChI=1S/C22H24BrFN4O2/c1-28-7-5-14(6-8-28)12-30-21-11-19-16(10-20(21)29-2)22(26-13-25-19)27-18-4-3-15(23)9-17(18)24/h3-4,9-11,13-14H,5-8,12H2,1-2H3,(H,25,26,27)/i1D3,2D3,5D2,6D2. The van der Waals surface area contributed by atoms with E-state index >= 15 is 0 Å². The molecule has 0 saturated carbocycles. The molecule has 1 saturated heterocycles. The molecule has 0 aliphatic carbocycles. The van der Waals surface area contributed by atoms with E-state index in [1.807, 2.05) is 0 Å². The van der Waals surface area contributed by atoms with Crippen LogP contribution in [0.4, 0.5) is 15.9 Å². The molecule has 1 aromatic heterocycles. The van der Waals surface area contributed by atoms with Crippen LogP contribution in [-0.2, 0) is 0 Å². The van der Waals surface area contributed by atoms with Crippen molar-refractivity contribution < 1.29 is 27.6 Å². The highest BCUT2D eigenvalue weighted by Crippen LogP contribution is 2.35. The van der Waals surface area contributed by atoms with Gasteiger partial charge in [-0.3, -0.25) is 0 Å². The van der Waals surface area contributed by atoms with Gasteiger partial charge in [-0.1, -0.05) is 15.9 Å². The smallest absolute Gasteiger partial charge is 0.163 e. The van der Waals surface area contributed by atoms with Gasteiger partial charge in [0.25, 0.3) is 0 Å². The van der Waals surface area contributed by atoms with Crippen LogP contribution in [0.2, 0.25) is 0 Å². The highest BCUT2D eigenvalue weighted by Gasteiger charge is 2.19. The molecule has 1 fully saturated rings. The number of methoxy groups -OCH3 is 1. The number of benzene rings is 2. The van der Waals surface area contributed by atoms with Crippen molar-refractivity contribution >= 4 is 38.3 Å². The molecule has 0 spiro atoms.